The molecule has 1 amide bonds. The molecule has 0 saturated carbocycles. The highest BCUT2D eigenvalue weighted by Crippen LogP contribution is 2.35. The number of carbonyl (C=O) groups is 1. The van der Waals surface area contributed by atoms with E-state index in [0.29, 0.717) is 5.56 Å². The van der Waals surface area contributed by atoms with Gasteiger partial charge in [0, 0.05) is 6.20 Å². The molecule has 12 heteroatoms. The number of aromatic nitrogens is 4. The van der Waals surface area contributed by atoms with E-state index < -0.39 is 35.2 Å². The zero-order valence-electron chi connectivity index (χ0n) is 14.8. The predicted molar refractivity (Wildman–Crippen MR) is 98.3 cm³/mol. The van der Waals surface area contributed by atoms with Crippen LogP contribution in [-0.2, 0) is 24.1 Å². The molecule has 0 radical (unpaired) electrons. The number of hydrogen-bond acceptors (Lipinski definition) is 3. The minimum absolute atomic E-state index is 0.00290. The van der Waals surface area contributed by atoms with Crippen molar-refractivity contribution in [2.75, 3.05) is 5.32 Å². The molecule has 2 aromatic heterocycles. The van der Waals surface area contributed by atoms with Crippen LogP contribution in [0.25, 0.3) is 0 Å². The molecule has 3 rings (SSSR count). The van der Waals surface area contributed by atoms with Crippen molar-refractivity contribution in [3.63, 3.8) is 0 Å². The first-order chi connectivity index (χ1) is 13.5. The van der Waals surface area contributed by atoms with E-state index in [0.717, 1.165) is 4.68 Å². The fraction of sp³-hybridized carbons (Fsp3) is 0.235. The molecule has 154 valence electrons. The third-order valence-electron chi connectivity index (χ3n) is 3.90. The summed E-state index contributed by atoms with van der Waals surface area (Å²) in [5.74, 6) is -1.08. The lowest BCUT2D eigenvalue weighted by Gasteiger charge is -2.05. The van der Waals surface area contributed by atoms with Gasteiger partial charge in [0.05, 0.1) is 17.3 Å². The average molecular weight is 450 g/mol. The Labute approximate surface area is 172 Å². The zero-order chi connectivity index (χ0) is 21.3. The van der Waals surface area contributed by atoms with E-state index >= 15 is 0 Å². The maximum atomic E-state index is 13.3. The van der Waals surface area contributed by atoms with E-state index in [1.54, 1.807) is 12.1 Å². The maximum Gasteiger partial charge on any atom is 0.436 e. The van der Waals surface area contributed by atoms with Crippen LogP contribution in [0, 0.1) is 12.7 Å². The van der Waals surface area contributed by atoms with Gasteiger partial charge in [0.15, 0.2) is 11.5 Å². The quantitative estimate of drug-likeness (QED) is 0.581. The summed E-state index contributed by atoms with van der Waals surface area (Å²) in [5, 5.41) is 9.41. The molecule has 2 heterocycles. The SMILES string of the molecule is Cc1c(Cl)c(C(F)(F)F)nn1CC(=O)Nc1nn(Cc2cccc(F)c2)cc1Cl. The number of halogens is 6. The molecule has 0 aliphatic carbocycles. The minimum Gasteiger partial charge on any atom is -0.306 e. The molecule has 1 aromatic carbocycles. The number of amides is 1. The third kappa shape index (κ3) is 4.88. The summed E-state index contributed by atoms with van der Waals surface area (Å²) in [7, 11) is 0. The third-order valence-corrected chi connectivity index (χ3v) is 4.63. The molecule has 0 saturated heterocycles. The number of hydrogen-bond donors (Lipinski definition) is 1. The Hall–Kier alpha value is -2.59. The van der Waals surface area contributed by atoms with Crippen LogP contribution in [0.2, 0.25) is 10.0 Å². The summed E-state index contributed by atoms with van der Waals surface area (Å²) in [4.78, 5) is 12.2. The first-order valence-electron chi connectivity index (χ1n) is 8.12. The van der Waals surface area contributed by atoms with Gasteiger partial charge in [0.1, 0.15) is 17.4 Å². The van der Waals surface area contributed by atoms with Crippen LogP contribution in [0.4, 0.5) is 23.4 Å². The largest absolute Gasteiger partial charge is 0.436 e. The highest BCUT2D eigenvalue weighted by molar-refractivity contribution is 6.33. The molecular weight excluding hydrogens is 437 g/mol. The fourth-order valence-corrected chi connectivity index (χ4v) is 2.99. The summed E-state index contributed by atoms with van der Waals surface area (Å²) < 4.78 is 54.1. The molecule has 0 atom stereocenters. The second kappa shape index (κ2) is 8.03. The van der Waals surface area contributed by atoms with Gasteiger partial charge in [0.25, 0.3) is 0 Å². The summed E-state index contributed by atoms with van der Waals surface area (Å²) in [6.45, 7) is 1.00. The van der Waals surface area contributed by atoms with Gasteiger partial charge < -0.3 is 5.32 Å². The number of rotatable bonds is 5. The van der Waals surface area contributed by atoms with E-state index in [1.165, 1.54) is 29.9 Å². The number of benzene rings is 1. The van der Waals surface area contributed by atoms with Gasteiger partial charge in [-0.3, -0.25) is 14.2 Å². The predicted octanol–water partition coefficient (Wildman–Crippen LogP) is 4.54. The van der Waals surface area contributed by atoms with Crippen molar-refractivity contribution in [1.82, 2.24) is 19.6 Å². The smallest absolute Gasteiger partial charge is 0.306 e. The number of anilines is 1. The monoisotopic (exact) mass is 449 g/mol. The Balaban J connectivity index is 1.71. The molecule has 0 aliphatic heterocycles. The maximum absolute atomic E-state index is 13.3. The van der Waals surface area contributed by atoms with Crippen LogP contribution in [0.3, 0.4) is 0 Å². The van der Waals surface area contributed by atoms with Gasteiger partial charge >= 0.3 is 6.18 Å². The van der Waals surface area contributed by atoms with Gasteiger partial charge in [-0.2, -0.15) is 23.4 Å². The molecule has 0 fully saturated rings. The second-order valence-corrected chi connectivity index (χ2v) is 6.89. The molecule has 6 nitrogen and oxygen atoms in total. The van der Waals surface area contributed by atoms with E-state index in [9.17, 15) is 22.4 Å². The van der Waals surface area contributed by atoms with E-state index in [2.05, 4.69) is 15.5 Å². The van der Waals surface area contributed by atoms with E-state index in [-0.39, 0.29) is 23.1 Å². The normalized spacial score (nSPS) is 11.7. The molecule has 3 aromatic rings. The lowest BCUT2D eigenvalue weighted by atomic mass is 10.2. The Bertz CT molecular complexity index is 1060. The first-order valence-corrected chi connectivity index (χ1v) is 8.87. The first kappa shape index (κ1) is 21.1. The topological polar surface area (TPSA) is 64.7 Å². The molecule has 0 aliphatic rings. The van der Waals surface area contributed by atoms with Crippen LogP contribution < -0.4 is 5.32 Å². The van der Waals surface area contributed by atoms with Crippen molar-refractivity contribution < 1.29 is 22.4 Å². The van der Waals surface area contributed by atoms with Crippen molar-refractivity contribution in [2.45, 2.75) is 26.2 Å². The molecule has 0 spiro atoms. The molecular formula is C17H13Cl2F4N5O. The highest BCUT2D eigenvalue weighted by atomic mass is 35.5. The zero-order valence-corrected chi connectivity index (χ0v) is 16.3. The van der Waals surface area contributed by atoms with Crippen molar-refractivity contribution >= 4 is 34.9 Å². The molecule has 0 unspecified atom stereocenters. The van der Waals surface area contributed by atoms with E-state index in [4.69, 9.17) is 23.2 Å². The summed E-state index contributed by atoms with van der Waals surface area (Å²) in [6.07, 6.45) is -3.30. The number of alkyl halides is 3. The van der Waals surface area contributed by atoms with Gasteiger partial charge in [-0.25, -0.2) is 4.39 Å². The number of nitrogens with one attached hydrogen (secondary N) is 1. The van der Waals surface area contributed by atoms with Crippen LogP contribution >= 0.6 is 23.2 Å². The second-order valence-electron chi connectivity index (χ2n) is 6.10. The molecule has 29 heavy (non-hydrogen) atoms. The summed E-state index contributed by atoms with van der Waals surface area (Å²) >= 11 is 11.7. The van der Waals surface area contributed by atoms with Gasteiger partial charge in [-0.05, 0) is 24.6 Å². The highest BCUT2D eigenvalue weighted by Gasteiger charge is 2.38. The Kier molecular flexibility index (Phi) is 5.85. The molecule has 1 N–H and O–H groups in total. The Morgan fingerprint density at radius 1 is 1.24 bits per heavy atom. The van der Waals surface area contributed by atoms with Gasteiger partial charge in [-0.15, -0.1) is 0 Å². The lowest BCUT2D eigenvalue weighted by molar-refractivity contribution is -0.141. The van der Waals surface area contributed by atoms with Crippen molar-refractivity contribution in [1.29, 1.82) is 0 Å². The van der Waals surface area contributed by atoms with Crippen molar-refractivity contribution in [3.05, 3.63) is 63.3 Å². The standard InChI is InChI=1S/C17H13Cl2F4N5O/c1-9-14(19)15(17(21,22)23)25-28(9)8-13(29)24-16-12(18)7-27(26-16)6-10-3-2-4-11(20)5-10/h2-5,7H,6,8H2,1H3,(H,24,26,29). The van der Waals surface area contributed by atoms with E-state index in [1.807, 2.05) is 0 Å². The Morgan fingerprint density at radius 2 is 1.97 bits per heavy atom. The average Bonchev–Trinajstić information content (AvgIpc) is 3.08. The lowest BCUT2D eigenvalue weighted by Crippen LogP contribution is -2.21. The number of nitrogens with zero attached hydrogens (tertiary/aromatic N) is 4. The molecule has 0 bridgehead atoms. The van der Waals surface area contributed by atoms with Gasteiger partial charge in [-0.1, -0.05) is 35.3 Å². The minimum atomic E-state index is -4.73. The Morgan fingerprint density at radius 3 is 2.59 bits per heavy atom. The number of carbonyl (C=O) groups excluding carboxylic acids is 1. The van der Waals surface area contributed by atoms with Gasteiger partial charge in [0.2, 0.25) is 5.91 Å². The summed E-state index contributed by atoms with van der Waals surface area (Å²) in [6, 6.07) is 5.87. The van der Waals surface area contributed by atoms with Crippen LogP contribution in [0.5, 0.6) is 0 Å². The summed E-state index contributed by atoms with van der Waals surface area (Å²) in [5.41, 5.74) is -0.637. The van der Waals surface area contributed by atoms with Crippen molar-refractivity contribution in [2.24, 2.45) is 0 Å². The van der Waals surface area contributed by atoms with Crippen molar-refractivity contribution in [3.8, 4) is 0 Å². The van der Waals surface area contributed by atoms with Crippen LogP contribution in [-0.4, -0.2) is 25.5 Å². The van der Waals surface area contributed by atoms with Crippen LogP contribution in [0.15, 0.2) is 30.5 Å². The fourth-order valence-electron chi connectivity index (χ4n) is 2.55. The van der Waals surface area contributed by atoms with Crippen LogP contribution in [0.1, 0.15) is 17.0 Å².